The Morgan fingerprint density at radius 3 is 2.80 bits per heavy atom. The summed E-state index contributed by atoms with van der Waals surface area (Å²) >= 11 is 1.55. The Morgan fingerprint density at radius 2 is 2.10 bits per heavy atom. The van der Waals surface area contributed by atoms with Gasteiger partial charge in [-0.3, -0.25) is 0 Å². The summed E-state index contributed by atoms with van der Waals surface area (Å²) in [6, 6.07) is 5.34. The highest BCUT2D eigenvalue weighted by molar-refractivity contribution is 7.10. The van der Waals surface area contributed by atoms with Crippen LogP contribution in [0.1, 0.15) is 23.4 Å². The predicted octanol–water partition coefficient (Wildman–Crippen LogP) is 3.93. The van der Waals surface area contributed by atoms with Gasteiger partial charge in [-0.2, -0.15) is 0 Å². The lowest BCUT2D eigenvalue weighted by molar-refractivity contribution is 0.402. The Morgan fingerprint density at radius 1 is 1.30 bits per heavy atom. The van der Waals surface area contributed by atoms with Crippen LogP contribution in [0.2, 0.25) is 0 Å². The Hall–Kier alpha value is -1.46. The number of benzene rings is 1. The fourth-order valence-corrected chi connectivity index (χ4v) is 3.09. The molecule has 0 spiro atoms. The molecule has 1 heterocycles. The molecule has 108 valence electrons. The maximum atomic E-state index is 13.8. The average Bonchev–Trinajstić information content (AvgIpc) is 2.90. The molecule has 1 atom stereocenters. The Bertz CT molecular complexity index is 571. The van der Waals surface area contributed by atoms with Gasteiger partial charge < -0.3 is 10.1 Å². The third-order valence-electron chi connectivity index (χ3n) is 3.08. The summed E-state index contributed by atoms with van der Waals surface area (Å²) in [7, 11) is 1.61. The lowest BCUT2D eigenvalue weighted by Gasteiger charge is -2.18. The van der Waals surface area contributed by atoms with Crippen molar-refractivity contribution in [2.24, 2.45) is 0 Å². The number of nitrogens with one attached hydrogen (secondary N) is 1. The quantitative estimate of drug-likeness (QED) is 0.872. The number of hydrogen-bond acceptors (Lipinski definition) is 3. The molecule has 2 nitrogen and oxygen atoms in total. The van der Waals surface area contributed by atoms with E-state index in [0.29, 0.717) is 12.0 Å². The molecule has 0 aliphatic carbocycles. The number of halogens is 2. The fraction of sp³-hybridized carbons (Fsp3) is 0.333. The minimum atomic E-state index is -0.421. The summed E-state index contributed by atoms with van der Waals surface area (Å²) in [5.41, 5.74) is 0.367. The molecule has 1 aromatic heterocycles. The zero-order valence-corrected chi connectivity index (χ0v) is 12.3. The first-order valence-corrected chi connectivity index (χ1v) is 7.32. The second-order valence-corrected chi connectivity index (χ2v) is 5.35. The van der Waals surface area contributed by atoms with E-state index in [2.05, 4.69) is 5.32 Å². The second kappa shape index (κ2) is 6.81. The first kappa shape index (κ1) is 14.9. The third kappa shape index (κ3) is 3.35. The van der Waals surface area contributed by atoms with E-state index in [1.165, 1.54) is 12.1 Å². The molecule has 0 aliphatic heterocycles. The van der Waals surface area contributed by atoms with E-state index in [0.717, 1.165) is 23.2 Å². The van der Waals surface area contributed by atoms with Crippen molar-refractivity contribution in [3.63, 3.8) is 0 Å². The monoisotopic (exact) mass is 297 g/mol. The summed E-state index contributed by atoms with van der Waals surface area (Å²) in [5.74, 6) is -0.0302. The van der Waals surface area contributed by atoms with Gasteiger partial charge in [0.2, 0.25) is 0 Å². The molecule has 2 rings (SSSR count). The first-order valence-electron chi connectivity index (χ1n) is 6.44. The maximum Gasteiger partial charge on any atom is 0.134 e. The maximum absolute atomic E-state index is 13.8. The van der Waals surface area contributed by atoms with Crippen LogP contribution in [-0.4, -0.2) is 13.7 Å². The summed E-state index contributed by atoms with van der Waals surface area (Å²) in [6.07, 6.45) is 0.383. The van der Waals surface area contributed by atoms with Crippen LogP contribution in [0.3, 0.4) is 0 Å². The van der Waals surface area contributed by atoms with Crippen LogP contribution in [-0.2, 0) is 6.42 Å². The number of likely N-dealkylation sites (N-methyl/N-ethyl adjacent to an activating group) is 1. The van der Waals surface area contributed by atoms with Crippen molar-refractivity contribution in [3.8, 4) is 5.75 Å². The molecule has 1 aromatic carbocycles. The van der Waals surface area contributed by atoms with Gasteiger partial charge in [-0.15, -0.1) is 11.3 Å². The third-order valence-corrected chi connectivity index (χ3v) is 4.09. The van der Waals surface area contributed by atoms with Crippen molar-refractivity contribution in [3.05, 3.63) is 51.7 Å². The number of rotatable bonds is 6. The van der Waals surface area contributed by atoms with E-state index in [1.807, 2.05) is 18.4 Å². The number of methoxy groups -OCH3 is 1. The lowest BCUT2D eigenvalue weighted by Crippen LogP contribution is -2.23. The molecule has 0 fully saturated rings. The largest absolute Gasteiger partial charge is 0.496 e. The number of ether oxygens (including phenoxy) is 1. The first-order chi connectivity index (χ1) is 9.65. The van der Waals surface area contributed by atoms with Crippen LogP contribution in [0.4, 0.5) is 8.78 Å². The SMILES string of the molecule is CCNC(Cc1cc(F)ccc1F)c1sccc1OC. The standard InChI is InChI=1S/C15H17F2NOS/c1-3-18-13(15-14(19-2)6-7-20-15)9-10-8-11(16)4-5-12(10)17/h4-8,13,18H,3,9H2,1-2H3. The van der Waals surface area contributed by atoms with Crippen LogP contribution >= 0.6 is 11.3 Å². The van der Waals surface area contributed by atoms with E-state index in [4.69, 9.17) is 4.74 Å². The molecule has 0 saturated heterocycles. The van der Waals surface area contributed by atoms with Crippen LogP contribution in [0.5, 0.6) is 5.75 Å². The molecule has 5 heteroatoms. The molecular formula is C15H17F2NOS. The van der Waals surface area contributed by atoms with E-state index in [1.54, 1.807) is 18.4 Å². The van der Waals surface area contributed by atoms with E-state index in [9.17, 15) is 8.78 Å². The Kier molecular flexibility index (Phi) is 5.09. The van der Waals surface area contributed by atoms with Gasteiger partial charge in [0, 0.05) is 6.04 Å². The highest BCUT2D eigenvalue weighted by Crippen LogP contribution is 2.33. The van der Waals surface area contributed by atoms with Gasteiger partial charge in [0.05, 0.1) is 12.0 Å². The minimum absolute atomic E-state index is 0.0914. The van der Waals surface area contributed by atoms with Crippen molar-refractivity contribution >= 4 is 11.3 Å². The van der Waals surface area contributed by atoms with Gasteiger partial charge in [0.15, 0.2) is 0 Å². The van der Waals surface area contributed by atoms with Crippen LogP contribution < -0.4 is 10.1 Å². The van der Waals surface area contributed by atoms with Gasteiger partial charge in [-0.1, -0.05) is 6.92 Å². The molecule has 0 radical (unpaired) electrons. The Labute approximate surface area is 121 Å². The van der Waals surface area contributed by atoms with E-state index < -0.39 is 5.82 Å². The van der Waals surface area contributed by atoms with E-state index >= 15 is 0 Å². The van der Waals surface area contributed by atoms with Crippen molar-refractivity contribution in [2.45, 2.75) is 19.4 Å². The summed E-state index contributed by atoms with van der Waals surface area (Å²) in [6.45, 7) is 2.72. The van der Waals surface area contributed by atoms with Crippen LogP contribution in [0, 0.1) is 11.6 Å². The smallest absolute Gasteiger partial charge is 0.134 e. The van der Waals surface area contributed by atoms with Crippen LogP contribution in [0.15, 0.2) is 29.6 Å². The van der Waals surface area contributed by atoms with Gasteiger partial charge in [0.1, 0.15) is 17.4 Å². The zero-order valence-electron chi connectivity index (χ0n) is 11.5. The number of thiophene rings is 1. The topological polar surface area (TPSA) is 21.3 Å². The van der Waals surface area contributed by atoms with Crippen molar-refractivity contribution < 1.29 is 13.5 Å². The molecule has 2 aromatic rings. The molecule has 1 unspecified atom stereocenters. The number of hydrogen-bond donors (Lipinski definition) is 1. The van der Waals surface area contributed by atoms with E-state index in [-0.39, 0.29) is 11.9 Å². The molecular weight excluding hydrogens is 280 g/mol. The molecule has 0 bridgehead atoms. The van der Waals surface area contributed by atoms with Crippen molar-refractivity contribution in [1.29, 1.82) is 0 Å². The highest BCUT2D eigenvalue weighted by Gasteiger charge is 2.19. The van der Waals surface area contributed by atoms with Crippen molar-refractivity contribution in [2.75, 3.05) is 13.7 Å². The van der Waals surface area contributed by atoms with Gasteiger partial charge in [0.25, 0.3) is 0 Å². The van der Waals surface area contributed by atoms with Gasteiger partial charge >= 0.3 is 0 Å². The van der Waals surface area contributed by atoms with Gasteiger partial charge in [-0.05, 0) is 48.2 Å². The Balaban J connectivity index is 2.27. The lowest BCUT2D eigenvalue weighted by atomic mass is 10.0. The molecule has 0 amide bonds. The summed E-state index contributed by atoms with van der Waals surface area (Å²) < 4.78 is 32.3. The molecule has 0 saturated carbocycles. The molecule has 0 aliphatic rings. The fourth-order valence-electron chi connectivity index (χ4n) is 2.16. The molecule has 20 heavy (non-hydrogen) atoms. The molecule has 1 N–H and O–H groups in total. The van der Waals surface area contributed by atoms with Crippen LogP contribution in [0.25, 0.3) is 0 Å². The normalized spacial score (nSPS) is 12.4. The highest BCUT2D eigenvalue weighted by atomic mass is 32.1. The van der Waals surface area contributed by atoms with Crippen molar-refractivity contribution in [1.82, 2.24) is 5.32 Å². The zero-order chi connectivity index (χ0) is 14.5. The average molecular weight is 297 g/mol. The summed E-state index contributed by atoms with van der Waals surface area (Å²) in [4.78, 5) is 0.998. The second-order valence-electron chi connectivity index (χ2n) is 4.40. The predicted molar refractivity (Wildman–Crippen MR) is 77.4 cm³/mol. The minimum Gasteiger partial charge on any atom is -0.496 e. The summed E-state index contributed by atoms with van der Waals surface area (Å²) in [5, 5.41) is 5.23. The van der Waals surface area contributed by atoms with Gasteiger partial charge in [-0.25, -0.2) is 8.78 Å².